The van der Waals surface area contributed by atoms with E-state index in [1.54, 1.807) is 5.40 Å². The first-order valence-electron chi connectivity index (χ1n) is 1.54. The van der Waals surface area contributed by atoms with E-state index in [0.717, 1.165) is 21.8 Å². The highest BCUT2D eigenvalue weighted by atomic mass is 33.1. The molecular weight excluding hydrogens is 146 g/mol. The van der Waals surface area contributed by atoms with Gasteiger partial charge in [0.15, 0.2) is 0 Å². The van der Waals surface area contributed by atoms with Crippen molar-refractivity contribution in [2.75, 3.05) is 0 Å². The Labute approximate surface area is 54.3 Å². The number of hydrogen-bond acceptors (Lipinski definition) is 4. The highest BCUT2D eigenvalue weighted by molar-refractivity contribution is 8.77. The fourth-order valence-corrected chi connectivity index (χ4v) is 0.725. The van der Waals surface area contributed by atoms with Gasteiger partial charge in [-0.1, -0.05) is 0 Å². The molecule has 0 fully saturated rings. The first kappa shape index (κ1) is 7.46. The van der Waals surface area contributed by atoms with E-state index in [1.807, 2.05) is 0 Å². The smallest absolute Gasteiger partial charge is 0.322 e. The number of nitrogens with one attached hydrogen (secondary N) is 1. The third kappa shape index (κ3) is 5.46. The standard InChI is InChI=1S/C2H3N3OS2/c3-1-7-8-5-2(4)6/h(H3,4,5,6). The zero-order valence-corrected chi connectivity index (χ0v) is 5.38. The van der Waals surface area contributed by atoms with Gasteiger partial charge < -0.3 is 5.73 Å². The largest absolute Gasteiger partial charge is 0.351 e. The second-order valence-corrected chi connectivity index (χ2v) is 2.44. The fourth-order valence-electron chi connectivity index (χ4n) is 0.0805. The summed E-state index contributed by atoms with van der Waals surface area (Å²) in [6.45, 7) is 0. The minimum atomic E-state index is -0.641. The van der Waals surface area contributed by atoms with E-state index in [1.165, 1.54) is 0 Å². The Hall–Kier alpha value is -0.540. The molecule has 4 nitrogen and oxygen atoms in total. The van der Waals surface area contributed by atoms with Gasteiger partial charge in [0.25, 0.3) is 0 Å². The summed E-state index contributed by atoms with van der Waals surface area (Å²) in [7, 11) is 1.74. The molecule has 44 valence electrons. The van der Waals surface area contributed by atoms with Gasteiger partial charge in [-0.05, 0) is 0 Å². The fraction of sp³-hybridized carbons (Fsp3) is 0. The molecule has 0 bridgehead atoms. The van der Waals surface area contributed by atoms with Crippen LogP contribution in [0.2, 0.25) is 0 Å². The molecule has 0 heterocycles. The number of rotatable bonds is 2. The van der Waals surface area contributed by atoms with Gasteiger partial charge in [0, 0.05) is 21.8 Å². The predicted octanol–water partition coefficient (Wildman–Crippen LogP) is 0.432. The van der Waals surface area contributed by atoms with Gasteiger partial charge in [0.2, 0.25) is 0 Å². The van der Waals surface area contributed by atoms with Crippen molar-refractivity contribution in [1.82, 2.24) is 4.72 Å². The van der Waals surface area contributed by atoms with E-state index >= 15 is 0 Å². The molecule has 0 aliphatic carbocycles. The van der Waals surface area contributed by atoms with Crippen molar-refractivity contribution in [2.24, 2.45) is 5.73 Å². The van der Waals surface area contributed by atoms with Crippen LogP contribution >= 0.6 is 21.8 Å². The molecule has 0 aromatic carbocycles. The van der Waals surface area contributed by atoms with Gasteiger partial charge in [0.05, 0.1) is 0 Å². The van der Waals surface area contributed by atoms with Crippen molar-refractivity contribution in [3.05, 3.63) is 0 Å². The van der Waals surface area contributed by atoms with Crippen LogP contribution in [0.1, 0.15) is 0 Å². The van der Waals surface area contributed by atoms with E-state index < -0.39 is 6.03 Å². The van der Waals surface area contributed by atoms with Crippen LogP contribution < -0.4 is 10.5 Å². The summed E-state index contributed by atoms with van der Waals surface area (Å²) >= 11 is 0. The highest BCUT2D eigenvalue weighted by Gasteiger charge is 1.88. The number of urea groups is 1. The molecule has 0 saturated heterocycles. The van der Waals surface area contributed by atoms with Crippen LogP contribution in [-0.2, 0) is 0 Å². The molecule has 0 aliphatic rings. The summed E-state index contributed by atoms with van der Waals surface area (Å²) in [4.78, 5) is 9.84. The van der Waals surface area contributed by atoms with Crippen molar-refractivity contribution in [1.29, 1.82) is 5.26 Å². The average molecular weight is 149 g/mol. The lowest BCUT2D eigenvalue weighted by Crippen LogP contribution is -2.21. The van der Waals surface area contributed by atoms with Crippen LogP contribution in [-0.4, -0.2) is 6.03 Å². The molecule has 3 N–H and O–H groups in total. The zero-order chi connectivity index (χ0) is 6.41. The maximum atomic E-state index is 9.84. The van der Waals surface area contributed by atoms with E-state index in [0.29, 0.717) is 0 Å². The molecule has 0 aliphatic heterocycles. The number of carbonyl (C=O) groups is 1. The monoisotopic (exact) mass is 149 g/mol. The van der Waals surface area contributed by atoms with Crippen molar-refractivity contribution in [2.45, 2.75) is 0 Å². The number of nitrogens with zero attached hydrogens (tertiary/aromatic N) is 1. The summed E-state index contributed by atoms with van der Waals surface area (Å²) in [5, 5.41) is 9.61. The lowest BCUT2D eigenvalue weighted by Gasteiger charge is -1.89. The van der Waals surface area contributed by atoms with Crippen LogP contribution in [0.5, 0.6) is 0 Å². The van der Waals surface area contributed by atoms with Gasteiger partial charge in [0.1, 0.15) is 5.40 Å². The Morgan fingerprint density at radius 2 is 2.50 bits per heavy atom. The molecular formula is C2H3N3OS2. The van der Waals surface area contributed by atoms with Crippen molar-refractivity contribution in [3.8, 4) is 5.40 Å². The molecule has 0 unspecified atom stereocenters. The first-order chi connectivity index (χ1) is 3.77. The van der Waals surface area contributed by atoms with E-state index in [4.69, 9.17) is 5.26 Å². The molecule has 6 heteroatoms. The highest BCUT2D eigenvalue weighted by Crippen LogP contribution is 2.13. The third-order valence-electron chi connectivity index (χ3n) is 0.221. The maximum absolute atomic E-state index is 9.84. The Morgan fingerprint density at radius 1 is 1.88 bits per heavy atom. The van der Waals surface area contributed by atoms with E-state index in [9.17, 15) is 4.79 Å². The SMILES string of the molecule is N#CSSNC(N)=O. The van der Waals surface area contributed by atoms with Gasteiger partial charge in [-0.3, -0.25) is 4.72 Å². The maximum Gasteiger partial charge on any atom is 0.322 e. The summed E-state index contributed by atoms with van der Waals surface area (Å²) < 4.78 is 2.14. The van der Waals surface area contributed by atoms with Crippen molar-refractivity contribution < 1.29 is 4.79 Å². The minimum Gasteiger partial charge on any atom is -0.351 e. The molecule has 0 atom stereocenters. The summed E-state index contributed by atoms with van der Waals surface area (Å²) in [5.41, 5.74) is 4.64. The van der Waals surface area contributed by atoms with Gasteiger partial charge in [-0.15, -0.1) is 0 Å². The molecule has 8 heavy (non-hydrogen) atoms. The molecule has 0 aromatic heterocycles. The topological polar surface area (TPSA) is 78.9 Å². The van der Waals surface area contributed by atoms with Gasteiger partial charge >= 0.3 is 6.03 Å². The van der Waals surface area contributed by atoms with Gasteiger partial charge in [-0.2, -0.15) is 5.26 Å². The molecule has 0 saturated carbocycles. The number of thiocyanates is 1. The van der Waals surface area contributed by atoms with E-state index in [-0.39, 0.29) is 0 Å². The summed E-state index contributed by atoms with van der Waals surface area (Å²) in [5.74, 6) is 0. The van der Waals surface area contributed by atoms with Crippen LogP contribution in [0.4, 0.5) is 4.79 Å². The summed E-state index contributed by atoms with van der Waals surface area (Å²) in [6, 6.07) is -0.641. The van der Waals surface area contributed by atoms with Crippen LogP contribution in [0.25, 0.3) is 0 Å². The Kier molecular flexibility index (Phi) is 4.30. The number of primary amides is 1. The minimum absolute atomic E-state index is 0.641. The Bertz CT molecular complexity index is 119. The summed E-state index contributed by atoms with van der Waals surface area (Å²) in [6.07, 6.45) is 0. The van der Waals surface area contributed by atoms with Gasteiger partial charge in [-0.25, -0.2) is 4.79 Å². The van der Waals surface area contributed by atoms with Crippen molar-refractivity contribution in [3.63, 3.8) is 0 Å². The number of amides is 2. The average Bonchev–Trinajstić information content (AvgIpc) is 1.66. The number of carbonyl (C=O) groups excluding carboxylic acids is 1. The quantitative estimate of drug-likeness (QED) is 0.258. The predicted molar refractivity (Wildman–Crippen MR) is 33.5 cm³/mol. The van der Waals surface area contributed by atoms with Crippen molar-refractivity contribution >= 4 is 27.8 Å². The molecule has 0 rings (SSSR count). The lowest BCUT2D eigenvalue weighted by molar-refractivity contribution is 0.254. The third-order valence-corrected chi connectivity index (χ3v) is 1.39. The molecule has 0 radical (unpaired) electrons. The van der Waals surface area contributed by atoms with Crippen LogP contribution in [0.15, 0.2) is 0 Å². The first-order valence-corrected chi connectivity index (χ1v) is 3.69. The molecule has 0 aromatic rings. The van der Waals surface area contributed by atoms with Crippen LogP contribution in [0, 0.1) is 10.7 Å². The molecule has 0 spiro atoms. The zero-order valence-electron chi connectivity index (χ0n) is 3.75. The number of nitriles is 1. The molecule has 2 amide bonds. The second kappa shape index (κ2) is 4.61. The normalized spacial score (nSPS) is 7.38. The Balaban J connectivity index is 2.97. The van der Waals surface area contributed by atoms with E-state index in [2.05, 4.69) is 10.5 Å². The Morgan fingerprint density at radius 3 is 2.88 bits per heavy atom. The van der Waals surface area contributed by atoms with Crippen LogP contribution in [0.3, 0.4) is 0 Å². The second-order valence-electron chi connectivity index (χ2n) is 0.724. The lowest BCUT2D eigenvalue weighted by atomic mass is 11.2. The number of nitrogens with two attached hydrogens (primary N) is 1. The number of hydrogen-bond donors (Lipinski definition) is 2.